The Hall–Kier alpha value is -3.21. The van der Waals surface area contributed by atoms with E-state index in [9.17, 15) is 4.79 Å². The number of fused-ring (bicyclic) bond motifs is 1. The van der Waals surface area contributed by atoms with Gasteiger partial charge in [-0.3, -0.25) is 9.78 Å². The number of pyridine rings is 2. The second-order valence-corrected chi connectivity index (χ2v) is 4.80. The summed E-state index contributed by atoms with van der Waals surface area (Å²) < 4.78 is 0. The highest BCUT2D eigenvalue weighted by molar-refractivity contribution is 5.99. The van der Waals surface area contributed by atoms with Gasteiger partial charge in [-0.2, -0.15) is 0 Å². The van der Waals surface area contributed by atoms with Crippen LogP contribution in [0.1, 0.15) is 0 Å². The lowest BCUT2D eigenvalue weighted by Gasteiger charge is -2.07. The van der Waals surface area contributed by atoms with Crippen molar-refractivity contribution >= 4 is 28.3 Å². The van der Waals surface area contributed by atoms with E-state index in [0.717, 1.165) is 22.0 Å². The highest BCUT2D eigenvalue weighted by Crippen LogP contribution is 2.25. The number of nitrogens with one attached hydrogen (secondary N) is 1. The maximum Gasteiger partial charge on any atom is 0.247 e. The molecule has 2 heterocycles. The van der Waals surface area contributed by atoms with Crippen LogP contribution in [0.3, 0.4) is 0 Å². The zero-order chi connectivity index (χ0) is 15.5. The number of hydrogen-bond acceptors (Lipinski definition) is 4. The Morgan fingerprint density at radius 3 is 2.77 bits per heavy atom. The van der Waals surface area contributed by atoms with Crippen LogP contribution in [0.25, 0.3) is 22.0 Å². The molecule has 0 saturated carbocycles. The van der Waals surface area contributed by atoms with Gasteiger partial charge in [0.2, 0.25) is 5.91 Å². The Morgan fingerprint density at radius 2 is 1.95 bits per heavy atom. The summed E-state index contributed by atoms with van der Waals surface area (Å²) in [4.78, 5) is 19.8. The summed E-state index contributed by atoms with van der Waals surface area (Å²) in [6.07, 6.45) is 4.54. The molecule has 3 aromatic rings. The topological polar surface area (TPSA) is 80.9 Å². The van der Waals surface area contributed by atoms with Crippen molar-refractivity contribution in [3.8, 4) is 11.1 Å². The van der Waals surface area contributed by atoms with Crippen LogP contribution in [-0.2, 0) is 4.79 Å². The molecule has 1 amide bonds. The van der Waals surface area contributed by atoms with Crippen molar-refractivity contribution in [1.29, 1.82) is 0 Å². The first-order chi connectivity index (χ1) is 10.7. The first-order valence-electron chi connectivity index (χ1n) is 6.71. The second kappa shape index (κ2) is 5.65. The van der Waals surface area contributed by atoms with E-state index in [2.05, 4.69) is 21.9 Å². The van der Waals surface area contributed by atoms with Crippen molar-refractivity contribution in [2.24, 2.45) is 0 Å². The minimum Gasteiger partial charge on any atom is -0.384 e. The smallest absolute Gasteiger partial charge is 0.247 e. The number of aromatic nitrogens is 2. The average Bonchev–Trinajstić information content (AvgIpc) is 2.54. The van der Waals surface area contributed by atoms with E-state index in [1.54, 1.807) is 18.5 Å². The molecular weight excluding hydrogens is 276 g/mol. The molecule has 0 atom stereocenters. The molecule has 3 N–H and O–H groups in total. The molecule has 0 bridgehead atoms. The molecule has 108 valence electrons. The predicted molar refractivity (Wildman–Crippen MR) is 88.2 cm³/mol. The van der Waals surface area contributed by atoms with Crippen molar-refractivity contribution in [3.63, 3.8) is 0 Å². The maximum atomic E-state index is 11.4. The lowest BCUT2D eigenvalue weighted by Crippen LogP contribution is -2.07. The van der Waals surface area contributed by atoms with E-state index in [4.69, 9.17) is 5.73 Å². The molecule has 0 radical (unpaired) electrons. The van der Waals surface area contributed by atoms with E-state index in [-0.39, 0.29) is 5.91 Å². The van der Waals surface area contributed by atoms with Crippen LogP contribution in [0.5, 0.6) is 0 Å². The van der Waals surface area contributed by atoms with Gasteiger partial charge < -0.3 is 11.1 Å². The van der Waals surface area contributed by atoms with Crippen LogP contribution in [0, 0.1) is 0 Å². The molecule has 2 aromatic heterocycles. The van der Waals surface area contributed by atoms with Crippen molar-refractivity contribution in [2.75, 3.05) is 11.1 Å². The fourth-order valence-electron chi connectivity index (χ4n) is 2.17. The van der Waals surface area contributed by atoms with Gasteiger partial charge in [0.05, 0.1) is 17.4 Å². The summed E-state index contributed by atoms with van der Waals surface area (Å²) in [5, 5.41) is 3.71. The first-order valence-corrected chi connectivity index (χ1v) is 6.71. The number of nitrogen functional groups attached to an aromatic ring is 1. The molecule has 5 nitrogen and oxygen atoms in total. The Morgan fingerprint density at radius 1 is 1.14 bits per heavy atom. The van der Waals surface area contributed by atoms with Gasteiger partial charge in [-0.15, -0.1) is 0 Å². The van der Waals surface area contributed by atoms with E-state index in [0.29, 0.717) is 11.5 Å². The van der Waals surface area contributed by atoms with Crippen molar-refractivity contribution in [2.45, 2.75) is 0 Å². The zero-order valence-corrected chi connectivity index (χ0v) is 11.8. The molecule has 0 spiro atoms. The van der Waals surface area contributed by atoms with E-state index >= 15 is 0 Å². The second-order valence-electron chi connectivity index (χ2n) is 4.80. The van der Waals surface area contributed by atoms with Crippen molar-refractivity contribution in [1.82, 2.24) is 9.97 Å². The summed E-state index contributed by atoms with van der Waals surface area (Å²) in [5.41, 5.74) is 8.99. The fourth-order valence-corrected chi connectivity index (χ4v) is 2.17. The third-order valence-corrected chi connectivity index (χ3v) is 3.24. The molecule has 0 aliphatic heterocycles. The molecule has 0 unspecified atom stereocenters. The number of rotatable bonds is 3. The predicted octanol–water partition coefficient (Wildman–Crippen LogP) is 3.00. The molecule has 5 heteroatoms. The molecule has 22 heavy (non-hydrogen) atoms. The highest BCUT2D eigenvalue weighted by Gasteiger charge is 2.04. The van der Waals surface area contributed by atoms with Crippen LogP contribution < -0.4 is 11.1 Å². The molecule has 0 fully saturated rings. The number of amides is 1. The lowest BCUT2D eigenvalue weighted by atomic mass is 10.0. The van der Waals surface area contributed by atoms with Gasteiger partial charge in [0.15, 0.2) is 0 Å². The monoisotopic (exact) mass is 290 g/mol. The van der Waals surface area contributed by atoms with Gasteiger partial charge in [0.25, 0.3) is 0 Å². The quantitative estimate of drug-likeness (QED) is 0.727. The standard InChI is InChI=1S/C17H14N4O/c1-2-17(22)20-14-7-13(9-19-10-14)12-4-3-11-5-6-16(18)21-15(11)8-12/h2-10H,1H2,(H2,18,21)(H,20,22). The number of hydrogen-bond donors (Lipinski definition) is 2. The SMILES string of the molecule is C=CC(=O)Nc1cncc(-c2ccc3ccc(N)nc3c2)c1. The highest BCUT2D eigenvalue weighted by atomic mass is 16.1. The average molecular weight is 290 g/mol. The minimum absolute atomic E-state index is 0.271. The molecule has 0 aliphatic rings. The van der Waals surface area contributed by atoms with E-state index < -0.39 is 0 Å². The third-order valence-electron chi connectivity index (χ3n) is 3.24. The number of nitrogens with zero attached hydrogens (tertiary/aromatic N) is 2. The van der Waals surface area contributed by atoms with Crippen LogP contribution in [0.15, 0.2) is 61.4 Å². The summed E-state index contributed by atoms with van der Waals surface area (Å²) in [6, 6.07) is 11.5. The van der Waals surface area contributed by atoms with Gasteiger partial charge in [0.1, 0.15) is 5.82 Å². The van der Waals surface area contributed by atoms with Crippen molar-refractivity contribution in [3.05, 3.63) is 61.4 Å². The molecule has 0 aliphatic carbocycles. The van der Waals surface area contributed by atoms with Crippen LogP contribution in [0.2, 0.25) is 0 Å². The van der Waals surface area contributed by atoms with Crippen LogP contribution in [0.4, 0.5) is 11.5 Å². The number of carbonyl (C=O) groups is 1. The number of carbonyl (C=O) groups excluding carboxylic acids is 1. The number of nitrogens with two attached hydrogens (primary N) is 1. The zero-order valence-electron chi connectivity index (χ0n) is 11.8. The van der Waals surface area contributed by atoms with Gasteiger partial charge in [0, 0.05) is 17.1 Å². The Balaban J connectivity index is 2.01. The van der Waals surface area contributed by atoms with Gasteiger partial charge >= 0.3 is 0 Å². The summed E-state index contributed by atoms with van der Waals surface area (Å²) in [7, 11) is 0. The third kappa shape index (κ3) is 2.78. The van der Waals surface area contributed by atoms with E-state index in [1.165, 1.54) is 6.08 Å². The summed E-state index contributed by atoms with van der Waals surface area (Å²) >= 11 is 0. The molecule has 3 rings (SSSR count). The minimum atomic E-state index is -0.271. The molecular formula is C17H14N4O. The largest absolute Gasteiger partial charge is 0.384 e. The lowest BCUT2D eigenvalue weighted by molar-refractivity contribution is -0.111. The number of benzene rings is 1. The van der Waals surface area contributed by atoms with Crippen LogP contribution >= 0.6 is 0 Å². The van der Waals surface area contributed by atoms with E-state index in [1.807, 2.05) is 30.3 Å². The van der Waals surface area contributed by atoms with Crippen molar-refractivity contribution < 1.29 is 4.79 Å². The van der Waals surface area contributed by atoms with Gasteiger partial charge in [-0.1, -0.05) is 18.7 Å². The Labute approximate surface area is 127 Å². The van der Waals surface area contributed by atoms with Gasteiger partial charge in [-0.25, -0.2) is 4.98 Å². The van der Waals surface area contributed by atoms with Gasteiger partial charge in [-0.05, 0) is 35.9 Å². The molecule has 1 aromatic carbocycles. The number of anilines is 2. The molecule has 0 saturated heterocycles. The first kappa shape index (κ1) is 13.8. The normalized spacial score (nSPS) is 10.4. The Kier molecular flexibility index (Phi) is 3.53. The fraction of sp³-hybridized carbons (Fsp3) is 0. The Bertz CT molecular complexity index is 873. The summed E-state index contributed by atoms with van der Waals surface area (Å²) in [5.74, 6) is 0.210. The maximum absolute atomic E-state index is 11.4. The van der Waals surface area contributed by atoms with Crippen LogP contribution in [-0.4, -0.2) is 15.9 Å². The summed E-state index contributed by atoms with van der Waals surface area (Å²) in [6.45, 7) is 3.43.